The summed E-state index contributed by atoms with van der Waals surface area (Å²) in [5, 5.41) is 6.77. The molecule has 0 unspecified atom stereocenters. The van der Waals surface area contributed by atoms with E-state index in [1.807, 2.05) is 0 Å². The Labute approximate surface area is 155 Å². The van der Waals surface area contributed by atoms with Gasteiger partial charge < -0.3 is 25.2 Å². The first-order chi connectivity index (χ1) is 12.3. The summed E-state index contributed by atoms with van der Waals surface area (Å²) in [5.74, 6) is 2.56. The fraction of sp³-hybridized carbons (Fsp3) is 0.706. The molecular formula is C17H28N6OS. The van der Waals surface area contributed by atoms with E-state index in [9.17, 15) is 0 Å². The molecule has 2 N–H and O–H groups in total. The highest BCUT2D eigenvalue weighted by Crippen LogP contribution is 2.26. The van der Waals surface area contributed by atoms with Gasteiger partial charge in [-0.15, -0.1) is 0 Å². The van der Waals surface area contributed by atoms with Gasteiger partial charge in [0.25, 0.3) is 0 Å². The molecule has 0 atom stereocenters. The number of nitrogens with one attached hydrogen (secondary N) is 2. The van der Waals surface area contributed by atoms with Crippen molar-refractivity contribution in [3.8, 4) is 0 Å². The second-order valence-electron chi connectivity index (χ2n) is 6.52. The van der Waals surface area contributed by atoms with Crippen LogP contribution in [0.3, 0.4) is 0 Å². The van der Waals surface area contributed by atoms with Crippen LogP contribution in [0.15, 0.2) is 6.07 Å². The van der Waals surface area contributed by atoms with Crippen LogP contribution in [0.2, 0.25) is 0 Å². The van der Waals surface area contributed by atoms with Gasteiger partial charge in [-0.05, 0) is 44.3 Å². The molecule has 7 nitrogen and oxygen atoms in total. The molecule has 138 valence electrons. The highest BCUT2D eigenvalue weighted by atomic mass is 32.1. The van der Waals surface area contributed by atoms with Gasteiger partial charge >= 0.3 is 0 Å². The normalized spacial score (nSPS) is 17.6. The predicted octanol–water partition coefficient (Wildman–Crippen LogP) is 2.00. The number of rotatable bonds is 6. The molecule has 1 aromatic heterocycles. The molecule has 0 bridgehead atoms. The quantitative estimate of drug-likeness (QED) is 0.587. The predicted molar refractivity (Wildman–Crippen MR) is 106 cm³/mol. The summed E-state index contributed by atoms with van der Waals surface area (Å²) in [6.45, 7) is 5.51. The third-order valence-corrected chi connectivity index (χ3v) is 4.87. The van der Waals surface area contributed by atoms with Crippen molar-refractivity contribution in [2.45, 2.75) is 32.1 Å². The second kappa shape index (κ2) is 9.15. The molecule has 2 aliphatic heterocycles. The van der Waals surface area contributed by atoms with Crippen LogP contribution in [0.5, 0.6) is 0 Å². The van der Waals surface area contributed by atoms with Gasteiger partial charge in [0.1, 0.15) is 11.6 Å². The van der Waals surface area contributed by atoms with Gasteiger partial charge in [0.2, 0.25) is 5.95 Å². The molecule has 25 heavy (non-hydrogen) atoms. The average Bonchev–Trinajstić information content (AvgIpc) is 3.17. The Morgan fingerprint density at radius 2 is 1.60 bits per heavy atom. The lowest BCUT2D eigenvalue weighted by Crippen LogP contribution is -2.33. The van der Waals surface area contributed by atoms with Gasteiger partial charge in [0.05, 0.1) is 6.61 Å². The van der Waals surface area contributed by atoms with Crippen LogP contribution < -0.4 is 20.4 Å². The van der Waals surface area contributed by atoms with E-state index in [-0.39, 0.29) is 0 Å². The molecule has 0 saturated carbocycles. The van der Waals surface area contributed by atoms with Gasteiger partial charge in [-0.3, -0.25) is 0 Å². The van der Waals surface area contributed by atoms with Crippen molar-refractivity contribution >= 4 is 34.9 Å². The van der Waals surface area contributed by atoms with Gasteiger partial charge in [0, 0.05) is 45.9 Å². The van der Waals surface area contributed by atoms with Gasteiger partial charge in [0.15, 0.2) is 5.11 Å². The number of anilines is 3. The number of hydrogen-bond acceptors (Lipinski definition) is 6. The van der Waals surface area contributed by atoms with Crippen LogP contribution in [0, 0.1) is 0 Å². The molecule has 0 amide bonds. The lowest BCUT2D eigenvalue weighted by atomic mass is 10.1. The third kappa shape index (κ3) is 5.15. The minimum Gasteiger partial charge on any atom is -0.383 e. The number of piperidine rings is 1. The number of hydrogen-bond donors (Lipinski definition) is 2. The van der Waals surface area contributed by atoms with E-state index in [0.717, 1.165) is 37.8 Å². The molecule has 2 fully saturated rings. The van der Waals surface area contributed by atoms with Crippen molar-refractivity contribution in [3.63, 3.8) is 0 Å². The lowest BCUT2D eigenvalue weighted by Gasteiger charge is -2.29. The first-order valence-corrected chi connectivity index (χ1v) is 9.60. The Bertz CT molecular complexity index is 572. The average molecular weight is 365 g/mol. The van der Waals surface area contributed by atoms with E-state index in [2.05, 4.69) is 26.5 Å². The van der Waals surface area contributed by atoms with Gasteiger partial charge in [-0.25, -0.2) is 0 Å². The Hall–Kier alpha value is -1.67. The minimum absolute atomic E-state index is 0.528. The first-order valence-electron chi connectivity index (χ1n) is 9.19. The van der Waals surface area contributed by atoms with Crippen LogP contribution in [-0.4, -0.2) is 61.5 Å². The third-order valence-electron chi connectivity index (χ3n) is 4.63. The number of aromatic nitrogens is 2. The summed E-state index contributed by atoms with van der Waals surface area (Å²) in [6, 6.07) is 2.13. The van der Waals surface area contributed by atoms with E-state index >= 15 is 0 Å². The lowest BCUT2D eigenvalue weighted by molar-refractivity contribution is 0.204. The molecule has 3 rings (SSSR count). The topological polar surface area (TPSA) is 65.6 Å². The van der Waals surface area contributed by atoms with E-state index in [1.165, 1.54) is 32.1 Å². The van der Waals surface area contributed by atoms with Crippen molar-refractivity contribution in [2.24, 2.45) is 0 Å². The summed E-state index contributed by atoms with van der Waals surface area (Å²) in [7, 11) is 1.67. The molecule has 3 heterocycles. The smallest absolute Gasteiger partial charge is 0.232 e. The van der Waals surface area contributed by atoms with E-state index in [4.69, 9.17) is 26.9 Å². The molecule has 0 aromatic carbocycles. The maximum absolute atomic E-state index is 5.34. The molecule has 1 aromatic rings. The zero-order valence-corrected chi connectivity index (χ0v) is 15.8. The summed E-state index contributed by atoms with van der Waals surface area (Å²) in [6.07, 6.45) is 6.20. The van der Waals surface area contributed by atoms with Crippen molar-refractivity contribution in [2.75, 3.05) is 61.6 Å². The SMILES string of the molecule is COCCNC(=S)Nc1nc(N2CCCCC2)cc(N2CCCC2)n1. The highest BCUT2D eigenvalue weighted by Gasteiger charge is 2.19. The van der Waals surface area contributed by atoms with Crippen molar-refractivity contribution < 1.29 is 4.74 Å². The highest BCUT2D eigenvalue weighted by molar-refractivity contribution is 7.80. The molecule has 0 radical (unpaired) electrons. The Kier molecular flexibility index (Phi) is 6.63. The fourth-order valence-electron chi connectivity index (χ4n) is 3.28. The van der Waals surface area contributed by atoms with Crippen LogP contribution >= 0.6 is 12.2 Å². The van der Waals surface area contributed by atoms with Crippen LogP contribution in [0.1, 0.15) is 32.1 Å². The summed E-state index contributed by atoms with van der Waals surface area (Å²) >= 11 is 5.34. The molecule has 0 aliphatic carbocycles. The van der Waals surface area contributed by atoms with E-state index in [1.54, 1.807) is 7.11 Å². The number of methoxy groups -OCH3 is 1. The second-order valence-corrected chi connectivity index (χ2v) is 6.93. The molecular weight excluding hydrogens is 336 g/mol. The monoisotopic (exact) mass is 364 g/mol. The van der Waals surface area contributed by atoms with Gasteiger partial charge in [-0.2, -0.15) is 9.97 Å². The number of nitrogens with zero attached hydrogens (tertiary/aromatic N) is 4. The molecule has 2 saturated heterocycles. The van der Waals surface area contributed by atoms with Crippen molar-refractivity contribution in [3.05, 3.63) is 6.07 Å². The zero-order valence-electron chi connectivity index (χ0n) is 15.0. The summed E-state index contributed by atoms with van der Waals surface area (Å²) in [4.78, 5) is 14.1. The zero-order chi connectivity index (χ0) is 17.5. The van der Waals surface area contributed by atoms with Crippen molar-refractivity contribution in [1.82, 2.24) is 15.3 Å². The Morgan fingerprint density at radius 3 is 2.16 bits per heavy atom. The van der Waals surface area contributed by atoms with E-state index in [0.29, 0.717) is 24.2 Å². The first kappa shape index (κ1) is 18.1. The molecule has 8 heteroatoms. The molecule has 0 spiro atoms. The standard InChI is InChI=1S/C17H28N6OS/c1-24-12-7-18-17(25)21-16-19-14(22-8-3-2-4-9-22)13-15(20-16)23-10-5-6-11-23/h13H,2-12H2,1H3,(H2,18,19,20,21,25). The van der Waals surface area contributed by atoms with Crippen LogP contribution in [0.4, 0.5) is 17.6 Å². The Morgan fingerprint density at radius 1 is 1.04 bits per heavy atom. The number of ether oxygens (including phenoxy) is 1. The summed E-state index contributed by atoms with van der Waals surface area (Å²) in [5.41, 5.74) is 0. The van der Waals surface area contributed by atoms with Crippen LogP contribution in [0.25, 0.3) is 0 Å². The summed E-state index contributed by atoms with van der Waals surface area (Å²) < 4.78 is 5.03. The Balaban J connectivity index is 1.75. The van der Waals surface area contributed by atoms with Crippen LogP contribution in [-0.2, 0) is 4.74 Å². The maximum Gasteiger partial charge on any atom is 0.232 e. The maximum atomic E-state index is 5.34. The van der Waals surface area contributed by atoms with Crippen molar-refractivity contribution in [1.29, 1.82) is 0 Å². The van der Waals surface area contributed by atoms with E-state index < -0.39 is 0 Å². The van der Waals surface area contributed by atoms with Gasteiger partial charge in [-0.1, -0.05) is 0 Å². The number of thiocarbonyl (C=S) groups is 1. The molecule has 2 aliphatic rings. The largest absolute Gasteiger partial charge is 0.383 e. The minimum atomic E-state index is 0.528. The fourth-order valence-corrected chi connectivity index (χ4v) is 3.48.